The van der Waals surface area contributed by atoms with Gasteiger partial charge in [-0.3, -0.25) is 9.58 Å². The number of rotatable bonds is 5. The van der Waals surface area contributed by atoms with Gasteiger partial charge in [-0.05, 0) is 26.7 Å². The van der Waals surface area contributed by atoms with E-state index in [2.05, 4.69) is 39.2 Å². The summed E-state index contributed by atoms with van der Waals surface area (Å²) >= 11 is 0. The zero-order chi connectivity index (χ0) is 15.8. The molecule has 1 aliphatic heterocycles. The quantitative estimate of drug-likeness (QED) is 0.826. The van der Waals surface area contributed by atoms with E-state index in [0.29, 0.717) is 25.0 Å². The predicted octanol–water partition coefficient (Wildman–Crippen LogP) is 1.52. The van der Waals surface area contributed by atoms with Crippen LogP contribution in [-0.4, -0.2) is 49.3 Å². The first-order valence-corrected chi connectivity index (χ1v) is 8.32. The molecule has 0 N–H and O–H groups in total. The molecule has 4 rings (SSSR count). The van der Waals surface area contributed by atoms with Gasteiger partial charge in [-0.1, -0.05) is 10.4 Å². The molecule has 0 spiro atoms. The lowest BCUT2D eigenvalue weighted by molar-refractivity contribution is -0.0767. The molecule has 2 aromatic rings. The number of hydrogen-bond acceptors (Lipinski definition) is 7. The Kier molecular flexibility index (Phi) is 3.86. The van der Waals surface area contributed by atoms with Crippen LogP contribution in [0.2, 0.25) is 0 Å². The SMILES string of the molecule is CCn1cc(CN2CCO[C@H](C)[C@H]2c2nc(C3CC3)no2)nn1. The summed E-state index contributed by atoms with van der Waals surface area (Å²) in [5.74, 6) is 1.99. The zero-order valence-electron chi connectivity index (χ0n) is 13.6. The summed E-state index contributed by atoms with van der Waals surface area (Å²) in [6.45, 7) is 7.15. The average molecular weight is 318 g/mol. The molecule has 1 aliphatic carbocycles. The molecule has 0 unspecified atom stereocenters. The number of aromatic nitrogens is 5. The molecule has 2 aliphatic rings. The Morgan fingerprint density at radius 3 is 2.96 bits per heavy atom. The van der Waals surface area contributed by atoms with Crippen LogP contribution >= 0.6 is 0 Å². The molecule has 0 bridgehead atoms. The Morgan fingerprint density at radius 2 is 2.22 bits per heavy atom. The van der Waals surface area contributed by atoms with Gasteiger partial charge in [0.2, 0.25) is 5.89 Å². The maximum atomic E-state index is 5.81. The number of ether oxygens (including phenoxy) is 1. The second-order valence-electron chi connectivity index (χ2n) is 6.32. The summed E-state index contributed by atoms with van der Waals surface area (Å²) in [7, 11) is 0. The summed E-state index contributed by atoms with van der Waals surface area (Å²) in [6.07, 6.45) is 4.33. The first-order chi connectivity index (χ1) is 11.2. The molecule has 0 amide bonds. The lowest BCUT2D eigenvalue weighted by Crippen LogP contribution is -2.43. The fraction of sp³-hybridized carbons (Fsp3) is 0.733. The Balaban J connectivity index is 1.54. The van der Waals surface area contributed by atoms with Gasteiger partial charge >= 0.3 is 0 Å². The van der Waals surface area contributed by atoms with Gasteiger partial charge in [0.1, 0.15) is 6.04 Å². The maximum Gasteiger partial charge on any atom is 0.246 e. The third kappa shape index (κ3) is 3.00. The summed E-state index contributed by atoms with van der Waals surface area (Å²) in [5, 5.41) is 12.5. The van der Waals surface area contributed by atoms with Crippen LogP contribution in [0.25, 0.3) is 0 Å². The highest BCUT2D eigenvalue weighted by Crippen LogP contribution is 2.39. The van der Waals surface area contributed by atoms with Gasteiger partial charge in [-0.2, -0.15) is 4.98 Å². The molecule has 1 saturated heterocycles. The minimum absolute atomic E-state index is 0.0115. The van der Waals surface area contributed by atoms with Gasteiger partial charge in [0.15, 0.2) is 5.82 Å². The van der Waals surface area contributed by atoms with Crippen LogP contribution in [0.4, 0.5) is 0 Å². The first-order valence-electron chi connectivity index (χ1n) is 8.32. The van der Waals surface area contributed by atoms with Crippen molar-refractivity contribution in [3.8, 4) is 0 Å². The van der Waals surface area contributed by atoms with Gasteiger partial charge < -0.3 is 9.26 Å². The molecule has 3 heterocycles. The summed E-state index contributed by atoms with van der Waals surface area (Å²) < 4.78 is 13.2. The molecule has 2 atom stereocenters. The van der Waals surface area contributed by atoms with Gasteiger partial charge in [-0.15, -0.1) is 5.10 Å². The fourth-order valence-corrected chi connectivity index (χ4v) is 3.07. The fourth-order valence-electron chi connectivity index (χ4n) is 3.07. The highest BCUT2D eigenvalue weighted by atomic mass is 16.5. The van der Waals surface area contributed by atoms with Crippen molar-refractivity contribution in [1.82, 2.24) is 30.0 Å². The maximum absolute atomic E-state index is 5.81. The van der Waals surface area contributed by atoms with Crippen molar-refractivity contribution in [2.45, 2.75) is 57.8 Å². The van der Waals surface area contributed by atoms with Crippen LogP contribution in [0.5, 0.6) is 0 Å². The minimum atomic E-state index is -0.0319. The number of morpholine rings is 1. The van der Waals surface area contributed by atoms with Crippen molar-refractivity contribution in [3.05, 3.63) is 23.6 Å². The van der Waals surface area contributed by atoms with E-state index in [4.69, 9.17) is 9.26 Å². The largest absolute Gasteiger partial charge is 0.375 e. The highest BCUT2D eigenvalue weighted by molar-refractivity contribution is 5.07. The van der Waals surface area contributed by atoms with Crippen LogP contribution in [0.15, 0.2) is 10.7 Å². The Morgan fingerprint density at radius 1 is 1.35 bits per heavy atom. The minimum Gasteiger partial charge on any atom is -0.375 e. The topological polar surface area (TPSA) is 82.1 Å². The molecule has 8 nitrogen and oxygen atoms in total. The van der Waals surface area contributed by atoms with E-state index in [1.165, 1.54) is 12.8 Å². The number of aryl methyl sites for hydroxylation is 1. The van der Waals surface area contributed by atoms with Crippen LogP contribution in [0.3, 0.4) is 0 Å². The Labute approximate surface area is 134 Å². The monoisotopic (exact) mass is 318 g/mol. The first kappa shape index (κ1) is 14.8. The molecule has 0 aromatic carbocycles. The lowest BCUT2D eigenvalue weighted by atomic mass is 10.1. The molecule has 2 aromatic heterocycles. The lowest BCUT2D eigenvalue weighted by Gasteiger charge is -2.37. The predicted molar refractivity (Wildman–Crippen MR) is 80.5 cm³/mol. The Hall–Kier alpha value is -1.80. The standard InChI is InChI=1S/C15H22N6O2/c1-3-21-9-12(17-19-21)8-20-6-7-22-10(2)13(20)15-16-14(18-23-15)11-4-5-11/h9-11,13H,3-8H2,1-2H3/t10-,13+/m1/s1. The average Bonchev–Trinajstić information content (AvgIpc) is 3.11. The molecule has 2 fully saturated rings. The smallest absolute Gasteiger partial charge is 0.246 e. The number of hydrogen-bond donors (Lipinski definition) is 0. The van der Waals surface area contributed by atoms with Gasteiger partial charge in [-0.25, -0.2) is 0 Å². The summed E-state index contributed by atoms with van der Waals surface area (Å²) in [4.78, 5) is 6.91. The van der Waals surface area contributed by atoms with Crippen LogP contribution in [-0.2, 0) is 17.8 Å². The van der Waals surface area contributed by atoms with Crippen molar-refractivity contribution >= 4 is 0 Å². The molecule has 23 heavy (non-hydrogen) atoms. The van der Waals surface area contributed by atoms with Crippen molar-refractivity contribution in [1.29, 1.82) is 0 Å². The van der Waals surface area contributed by atoms with Gasteiger partial charge in [0.05, 0.1) is 18.4 Å². The molecule has 0 radical (unpaired) electrons. The molecule has 8 heteroatoms. The highest BCUT2D eigenvalue weighted by Gasteiger charge is 2.37. The van der Waals surface area contributed by atoms with Crippen molar-refractivity contribution in [2.24, 2.45) is 0 Å². The van der Waals surface area contributed by atoms with Crippen LogP contribution in [0.1, 0.15) is 56.1 Å². The van der Waals surface area contributed by atoms with E-state index in [1.54, 1.807) is 0 Å². The Bertz CT molecular complexity index is 664. The van der Waals surface area contributed by atoms with Crippen molar-refractivity contribution in [3.63, 3.8) is 0 Å². The van der Waals surface area contributed by atoms with E-state index in [0.717, 1.165) is 24.6 Å². The molecular weight excluding hydrogens is 296 g/mol. The summed E-state index contributed by atoms with van der Waals surface area (Å²) in [6, 6.07) is -0.0319. The van der Waals surface area contributed by atoms with Crippen molar-refractivity contribution in [2.75, 3.05) is 13.2 Å². The van der Waals surface area contributed by atoms with Gasteiger partial charge in [0.25, 0.3) is 0 Å². The second kappa shape index (κ2) is 6.01. The van der Waals surface area contributed by atoms with Crippen LogP contribution < -0.4 is 0 Å². The normalized spacial score (nSPS) is 25.8. The third-order valence-corrected chi connectivity index (χ3v) is 4.53. The van der Waals surface area contributed by atoms with Crippen molar-refractivity contribution < 1.29 is 9.26 Å². The van der Waals surface area contributed by atoms with Crippen LogP contribution in [0, 0.1) is 0 Å². The van der Waals surface area contributed by atoms with Gasteiger partial charge in [0, 0.05) is 31.7 Å². The molecule has 124 valence electrons. The number of nitrogens with zero attached hydrogens (tertiary/aromatic N) is 6. The van der Waals surface area contributed by atoms with E-state index in [9.17, 15) is 0 Å². The molecule has 1 saturated carbocycles. The van der Waals surface area contributed by atoms with E-state index >= 15 is 0 Å². The summed E-state index contributed by atoms with van der Waals surface area (Å²) in [5.41, 5.74) is 0.952. The van der Waals surface area contributed by atoms with E-state index in [-0.39, 0.29) is 12.1 Å². The van der Waals surface area contributed by atoms with E-state index in [1.807, 2.05) is 10.9 Å². The second-order valence-corrected chi connectivity index (χ2v) is 6.32. The third-order valence-electron chi connectivity index (χ3n) is 4.53. The van der Waals surface area contributed by atoms with E-state index < -0.39 is 0 Å². The zero-order valence-corrected chi connectivity index (χ0v) is 13.6. The molecular formula is C15H22N6O2.